The van der Waals surface area contributed by atoms with Crippen molar-refractivity contribution in [2.24, 2.45) is 5.73 Å². The predicted molar refractivity (Wildman–Crippen MR) is 94.9 cm³/mol. The lowest BCUT2D eigenvalue weighted by molar-refractivity contribution is -0.137. The van der Waals surface area contributed by atoms with Gasteiger partial charge in [-0.05, 0) is 36.8 Å². The summed E-state index contributed by atoms with van der Waals surface area (Å²) in [5, 5.41) is 9.38. The number of aromatic hydroxyl groups is 1. The van der Waals surface area contributed by atoms with E-state index in [4.69, 9.17) is 5.73 Å². The van der Waals surface area contributed by atoms with Crippen molar-refractivity contribution in [1.82, 2.24) is 4.90 Å². The molecule has 0 bridgehead atoms. The molecular weight excluding hydrogens is 302 g/mol. The largest absolute Gasteiger partial charge is 0.508 e. The first-order valence-electron chi connectivity index (χ1n) is 8.16. The van der Waals surface area contributed by atoms with Crippen LogP contribution in [-0.2, 0) is 10.3 Å². The van der Waals surface area contributed by atoms with Gasteiger partial charge in [-0.3, -0.25) is 4.79 Å². The highest BCUT2D eigenvalue weighted by atomic mass is 16.3. The van der Waals surface area contributed by atoms with Crippen LogP contribution in [0.2, 0.25) is 0 Å². The van der Waals surface area contributed by atoms with E-state index < -0.39 is 5.54 Å². The van der Waals surface area contributed by atoms with E-state index in [1.807, 2.05) is 47.4 Å². The van der Waals surface area contributed by atoms with Crippen LogP contribution in [0.5, 0.6) is 5.75 Å². The number of benzene rings is 2. The van der Waals surface area contributed by atoms with Crippen molar-refractivity contribution in [3.63, 3.8) is 0 Å². The van der Waals surface area contributed by atoms with E-state index in [9.17, 15) is 9.90 Å². The molecule has 5 heteroatoms. The second kappa shape index (κ2) is 6.53. The number of piperazine rings is 1. The molecule has 1 heterocycles. The number of carbonyl (C=O) groups excluding carboxylic acids is 1. The molecule has 0 saturated carbocycles. The maximum Gasteiger partial charge on any atom is 0.247 e. The number of amides is 1. The summed E-state index contributed by atoms with van der Waals surface area (Å²) >= 11 is 0. The van der Waals surface area contributed by atoms with Gasteiger partial charge in [-0.15, -0.1) is 0 Å². The first kappa shape index (κ1) is 16.3. The van der Waals surface area contributed by atoms with Gasteiger partial charge in [-0.1, -0.05) is 30.3 Å². The average molecular weight is 325 g/mol. The fourth-order valence-corrected chi connectivity index (χ4v) is 3.07. The minimum Gasteiger partial charge on any atom is -0.508 e. The molecule has 2 aromatic rings. The van der Waals surface area contributed by atoms with Crippen LogP contribution in [-0.4, -0.2) is 42.1 Å². The topological polar surface area (TPSA) is 69.8 Å². The van der Waals surface area contributed by atoms with E-state index in [-0.39, 0.29) is 11.7 Å². The molecule has 5 nitrogen and oxygen atoms in total. The smallest absolute Gasteiger partial charge is 0.247 e. The van der Waals surface area contributed by atoms with Crippen LogP contribution >= 0.6 is 0 Å². The maximum absolute atomic E-state index is 12.9. The molecule has 126 valence electrons. The summed E-state index contributed by atoms with van der Waals surface area (Å²) in [6.45, 7) is 4.55. The van der Waals surface area contributed by atoms with Crippen molar-refractivity contribution >= 4 is 11.6 Å². The standard InChI is InChI=1S/C19H23N3O2/c1-19(20,15-5-3-2-4-6-15)18(24)22-13-11-21(12-14-22)16-7-9-17(23)10-8-16/h2-10,23H,11-14,20H2,1H3. The molecule has 1 amide bonds. The number of nitrogens with two attached hydrogens (primary N) is 1. The van der Waals surface area contributed by atoms with E-state index >= 15 is 0 Å². The molecule has 0 radical (unpaired) electrons. The molecule has 1 unspecified atom stereocenters. The number of anilines is 1. The van der Waals surface area contributed by atoms with Crippen molar-refractivity contribution < 1.29 is 9.90 Å². The van der Waals surface area contributed by atoms with Crippen molar-refractivity contribution in [1.29, 1.82) is 0 Å². The molecule has 0 aliphatic carbocycles. The second-order valence-corrected chi connectivity index (χ2v) is 6.36. The van der Waals surface area contributed by atoms with Gasteiger partial charge in [-0.25, -0.2) is 0 Å². The summed E-state index contributed by atoms with van der Waals surface area (Å²) in [5.74, 6) is 0.216. The Morgan fingerprint density at radius 2 is 1.58 bits per heavy atom. The Bertz CT molecular complexity index is 690. The van der Waals surface area contributed by atoms with Gasteiger partial charge in [0, 0.05) is 31.9 Å². The summed E-state index contributed by atoms with van der Waals surface area (Å²) < 4.78 is 0. The summed E-state index contributed by atoms with van der Waals surface area (Å²) in [5.41, 5.74) is 7.21. The van der Waals surface area contributed by atoms with Crippen molar-refractivity contribution in [3.8, 4) is 5.75 Å². The Balaban J connectivity index is 1.66. The van der Waals surface area contributed by atoms with E-state index in [2.05, 4.69) is 4.90 Å². The van der Waals surface area contributed by atoms with Gasteiger partial charge in [0.05, 0.1) is 0 Å². The average Bonchev–Trinajstić information content (AvgIpc) is 2.62. The van der Waals surface area contributed by atoms with Gasteiger partial charge < -0.3 is 20.6 Å². The molecule has 1 aliphatic rings. The molecule has 3 N–H and O–H groups in total. The lowest BCUT2D eigenvalue weighted by Gasteiger charge is -2.39. The predicted octanol–water partition coefficient (Wildman–Crippen LogP) is 1.91. The molecule has 1 fully saturated rings. The third-order valence-corrected chi connectivity index (χ3v) is 4.60. The maximum atomic E-state index is 12.9. The number of hydrogen-bond acceptors (Lipinski definition) is 4. The highest BCUT2D eigenvalue weighted by Crippen LogP contribution is 2.23. The summed E-state index contributed by atoms with van der Waals surface area (Å²) in [4.78, 5) is 16.9. The molecule has 1 atom stereocenters. The second-order valence-electron chi connectivity index (χ2n) is 6.36. The molecule has 3 rings (SSSR count). The van der Waals surface area contributed by atoms with Crippen LogP contribution in [0.25, 0.3) is 0 Å². The number of rotatable bonds is 3. The molecule has 1 aliphatic heterocycles. The first-order valence-corrected chi connectivity index (χ1v) is 8.16. The number of phenolic OH excluding ortho intramolecular Hbond substituents is 1. The monoisotopic (exact) mass is 325 g/mol. The fourth-order valence-electron chi connectivity index (χ4n) is 3.07. The van der Waals surface area contributed by atoms with Crippen LogP contribution in [0, 0.1) is 0 Å². The Labute approximate surface area is 142 Å². The van der Waals surface area contributed by atoms with E-state index in [0.29, 0.717) is 13.1 Å². The molecule has 0 aromatic heterocycles. The number of nitrogens with zero attached hydrogens (tertiary/aromatic N) is 2. The lowest BCUT2D eigenvalue weighted by atomic mass is 9.91. The molecule has 1 saturated heterocycles. The van der Waals surface area contributed by atoms with Gasteiger partial charge >= 0.3 is 0 Å². The Morgan fingerprint density at radius 3 is 2.17 bits per heavy atom. The van der Waals surface area contributed by atoms with Gasteiger partial charge in [0.15, 0.2) is 0 Å². The van der Waals surface area contributed by atoms with Crippen LogP contribution in [0.4, 0.5) is 5.69 Å². The molecule has 2 aromatic carbocycles. The van der Waals surface area contributed by atoms with Crippen molar-refractivity contribution in [3.05, 3.63) is 60.2 Å². The van der Waals surface area contributed by atoms with Gasteiger partial charge in [0.2, 0.25) is 5.91 Å². The summed E-state index contributed by atoms with van der Waals surface area (Å²) in [6.07, 6.45) is 0. The van der Waals surface area contributed by atoms with Crippen LogP contribution in [0.3, 0.4) is 0 Å². The van der Waals surface area contributed by atoms with Gasteiger partial charge in [0.25, 0.3) is 0 Å². The Kier molecular flexibility index (Phi) is 4.44. The highest BCUT2D eigenvalue weighted by molar-refractivity contribution is 5.87. The number of hydrogen-bond donors (Lipinski definition) is 2. The number of carbonyl (C=O) groups is 1. The fraction of sp³-hybridized carbons (Fsp3) is 0.316. The van der Waals surface area contributed by atoms with E-state index in [1.54, 1.807) is 19.1 Å². The number of phenols is 1. The Morgan fingerprint density at radius 1 is 1.00 bits per heavy atom. The zero-order chi connectivity index (χ0) is 17.2. The Hall–Kier alpha value is -2.53. The minimum absolute atomic E-state index is 0.0425. The van der Waals surface area contributed by atoms with Crippen molar-refractivity contribution in [2.75, 3.05) is 31.1 Å². The minimum atomic E-state index is -1.01. The van der Waals surface area contributed by atoms with Crippen LogP contribution in [0.15, 0.2) is 54.6 Å². The van der Waals surface area contributed by atoms with Crippen molar-refractivity contribution in [2.45, 2.75) is 12.5 Å². The third kappa shape index (κ3) is 3.21. The quantitative estimate of drug-likeness (QED) is 0.904. The van der Waals surface area contributed by atoms with E-state index in [0.717, 1.165) is 24.3 Å². The van der Waals surface area contributed by atoms with E-state index in [1.165, 1.54) is 0 Å². The first-order chi connectivity index (χ1) is 11.5. The molecular formula is C19H23N3O2. The van der Waals surface area contributed by atoms with Crippen LogP contribution < -0.4 is 10.6 Å². The normalized spacial score (nSPS) is 17.4. The zero-order valence-electron chi connectivity index (χ0n) is 13.9. The summed E-state index contributed by atoms with van der Waals surface area (Å²) in [6, 6.07) is 16.6. The summed E-state index contributed by atoms with van der Waals surface area (Å²) in [7, 11) is 0. The van der Waals surface area contributed by atoms with Gasteiger partial charge in [-0.2, -0.15) is 0 Å². The molecule has 24 heavy (non-hydrogen) atoms. The zero-order valence-corrected chi connectivity index (χ0v) is 13.9. The van der Waals surface area contributed by atoms with Gasteiger partial charge in [0.1, 0.15) is 11.3 Å². The SMILES string of the molecule is CC(N)(C(=O)N1CCN(c2ccc(O)cc2)CC1)c1ccccc1. The molecule has 0 spiro atoms. The third-order valence-electron chi connectivity index (χ3n) is 4.60. The highest BCUT2D eigenvalue weighted by Gasteiger charge is 2.35. The lowest BCUT2D eigenvalue weighted by Crippen LogP contribution is -2.56. The van der Waals surface area contributed by atoms with Crippen LogP contribution in [0.1, 0.15) is 12.5 Å².